The van der Waals surface area contributed by atoms with Crippen LogP contribution in [0.2, 0.25) is 0 Å². The summed E-state index contributed by atoms with van der Waals surface area (Å²) in [4.78, 5) is 10.5. The van der Waals surface area contributed by atoms with Gasteiger partial charge in [0, 0.05) is 16.2 Å². The summed E-state index contributed by atoms with van der Waals surface area (Å²) in [6.45, 7) is 0. The number of methoxy groups -OCH3 is 1. The summed E-state index contributed by atoms with van der Waals surface area (Å²) in [6.07, 6.45) is 0. The number of hydrogen-bond acceptors (Lipinski definition) is 4. The minimum atomic E-state index is -0.418. The Hall–Kier alpha value is -2.08. The molecule has 1 N–H and O–H groups in total. The van der Waals surface area contributed by atoms with Gasteiger partial charge in [0.15, 0.2) is 0 Å². The molecule has 0 saturated carbocycles. The Bertz CT molecular complexity index is 599. The van der Waals surface area contributed by atoms with Crippen LogP contribution in [-0.2, 0) is 0 Å². The number of anilines is 2. The molecule has 0 aliphatic rings. The number of halogens is 1. The molecule has 2 aromatic rings. The van der Waals surface area contributed by atoms with Crippen molar-refractivity contribution in [1.29, 1.82) is 0 Å². The highest BCUT2D eigenvalue weighted by Crippen LogP contribution is 2.30. The number of rotatable bonds is 4. The van der Waals surface area contributed by atoms with E-state index in [1.807, 2.05) is 0 Å². The van der Waals surface area contributed by atoms with Crippen molar-refractivity contribution in [2.24, 2.45) is 0 Å². The van der Waals surface area contributed by atoms with Crippen molar-refractivity contribution in [3.63, 3.8) is 0 Å². The summed E-state index contributed by atoms with van der Waals surface area (Å²) < 4.78 is 5.83. The van der Waals surface area contributed by atoms with Crippen LogP contribution in [0.1, 0.15) is 0 Å². The fourth-order valence-electron chi connectivity index (χ4n) is 1.60. The number of benzene rings is 2. The number of nitro benzene ring substituents is 1. The van der Waals surface area contributed by atoms with E-state index in [-0.39, 0.29) is 5.69 Å². The van der Waals surface area contributed by atoms with Gasteiger partial charge in [0.05, 0.1) is 12.0 Å². The molecule has 0 aromatic heterocycles. The van der Waals surface area contributed by atoms with Gasteiger partial charge < -0.3 is 10.1 Å². The van der Waals surface area contributed by atoms with Gasteiger partial charge >= 0.3 is 0 Å². The molecular formula is C13H11BrN2O3. The maximum Gasteiger partial charge on any atom is 0.292 e. The van der Waals surface area contributed by atoms with Crippen LogP contribution in [-0.4, -0.2) is 12.0 Å². The summed E-state index contributed by atoms with van der Waals surface area (Å²) in [5.74, 6) is 0.731. The zero-order valence-electron chi connectivity index (χ0n) is 10.1. The average molecular weight is 323 g/mol. The molecule has 0 spiro atoms. The Balaban J connectivity index is 2.31. The monoisotopic (exact) mass is 322 g/mol. The largest absolute Gasteiger partial charge is 0.497 e. The smallest absolute Gasteiger partial charge is 0.292 e. The molecule has 0 atom stereocenters. The van der Waals surface area contributed by atoms with Crippen molar-refractivity contribution in [1.82, 2.24) is 0 Å². The van der Waals surface area contributed by atoms with E-state index in [0.29, 0.717) is 5.69 Å². The van der Waals surface area contributed by atoms with E-state index in [1.54, 1.807) is 43.5 Å². The first-order valence-corrected chi connectivity index (χ1v) is 6.24. The molecule has 0 heterocycles. The molecule has 0 unspecified atom stereocenters. The molecule has 6 heteroatoms. The lowest BCUT2D eigenvalue weighted by Crippen LogP contribution is -1.97. The number of nitro groups is 1. The van der Waals surface area contributed by atoms with Crippen molar-refractivity contribution < 1.29 is 9.66 Å². The van der Waals surface area contributed by atoms with Gasteiger partial charge in [-0.2, -0.15) is 0 Å². The van der Waals surface area contributed by atoms with Crippen molar-refractivity contribution in [2.75, 3.05) is 12.4 Å². The zero-order chi connectivity index (χ0) is 13.8. The topological polar surface area (TPSA) is 64.4 Å². The standard InChI is InChI=1S/C13H11BrN2O3/c1-19-11-5-3-10(4-6-11)15-12-8-9(14)2-7-13(12)16(17)18/h2-8,15H,1H3. The summed E-state index contributed by atoms with van der Waals surface area (Å²) in [5.41, 5.74) is 1.21. The van der Waals surface area contributed by atoms with Crippen LogP contribution in [0, 0.1) is 10.1 Å². The average Bonchev–Trinajstić information content (AvgIpc) is 2.39. The molecule has 19 heavy (non-hydrogen) atoms. The second kappa shape index (κ2) is 5.71. The second-order valence-corrected chi connectivity index (χ2v) is 4.69. The molecule has 0 aliphatic heterocycles. The third-order valence-electron chi connectivity index (χ3n) is 2.52. The molecule has 0 bridgehead atoms. The van der Waals surface area contributed by atoms with E-state index < -0.39 is 4.92 Å². The lowest BCUT2D eigenvalue weighted by molar-refractivity contribution is -0.383. The van der Waals surface area contributed by atoms with E-state index >= 15 is 0 Å². The highest BCUT2D eigenvalue weighted by atomic mass is 79.9. The Morgan fingerprint density at radius 2 is 1.89 bits per heavy atom. The predicted octanol–water partition coefficient (Wildman–Crippen LogP) is 4.11. The van der Waals surface area contributed by atoms with Gasteiger partial charge in [-0.1, -0.05) is 15.9 Å². The highest BCUT2D eigenvalue weighted by Gasteiger charge is 2.13. The molecule has 2 aromatic carbocycles. The molecule has 5 nitrogen and oxygen atoms in total. The number of ether oxygens (including phenoxy) is 1. The van der Waals surface area contributed by atoms with Gasteiger partial charge in [0.2, 0.25) is 0 Å². The maximum absolute atomic E-state index is 11.0. The highest BCUT2D eigenvalue weighted by molar-refractivity contribution is 9.10. The van der Waals surface area contributed by atoms with E-state index in [9.17, 15) is 10.1 Å². The van der Waals surface area contributed by atoms with Crippen molar-refractivity contribution >= 4 is 33.0 Å². The number of nitrogens with one attached hydrogen (secondary N) is 1. The third kappa shape index (κ3) is 3.23. The van der Waals surface area contributed by atoms with Gasteiger partial charge in [0.25, 0.3) is 5.69 Å². The van der Waals surface area contributed by atoms with E-state index in [0.717, 1.165) is 15.9 Å². The molecule has 0 fully saturated rings. The lowest BCUT2D eigenvalue weighted by atomic mass is 10.2. The molecular weight excluding hydrogens is 312 g/mol. The quantitative estimate of drug-likeness (QED) is 0.679. The molecule has 0 aliphatic carbocycles. The fraction of sp³-hybridized carbons (Fsp3) is 0.0769. The summed E-state index contributed by atoms with van der Waals surface area (Å²) in [7, 11) is 1.58. The molecule has 0 saturated heterocycles. The van der Waals surface area contributed by atoms with Gasteiger partial charge in [-0.3, -0.25) is 10.1 Å². The Morgan fingerprint density at radius 3 is 2.47 bits per heavy atom. The van der Waals surface area contributed by atoms with Crippen LogP contribution >= 0.6 is 15.9 Å². The van der Waals surface area contributed by atoms with Gasteiger partial charge in [-0.25, -0.2) is 0 Å². The second-order valence-electron chi connectivity index (χ2n) is 3.77. The number of hydrogen-bond donors (Lipinski definition) is 1. The van der Waals surface area contributed by atoms with Crippen LogP contribution in [0.4, 0.5) is 17.1 Å². The minimum absolute atomic E-state index is 0.0269. The van der Waals surface area contributed by atoms with Crippen molar-refractivity contribution in [3.8, 4) is 5.75 Å². The third-order valence-corrected chi connectivity index (χ3v) is 3.02. The summed E-state index contributed by atoms with van der Waals surface area (Å²) in [5, 5.41) is 14.0. The van der Waals surface area contributed by atoms with Gasteiger partial charge in [0.1, 0.15) is 11.4 Å². The van der Waals surface area contributed by atoms with Crippen LogP contribution in [0.15, 0.2) is 46.9 Å². The first-order valence-electron chi connectivity index (χ1n) is 5.45. The zero-order valence-corrected chi connectivity index (χ0v) is 11.7. The predicted molar refractivity (Wildman–Crippen MR) is 77.1 cm³/mol. The normalized spacial score (nSPS) is 10.0. The first-order chi connectivity index (χ1) is 9.10. The molecule has 2 rings (SSSR count). The molecule has 0 radical (unpaired) electrons. The Labute approximate surface area is 118 Å². The van der Waals surface area contributed by atoms with Gasteiger partial charge in [-0.05, 0) is 36.4 Å². The summed E-state index contributed by atoms with van der Waals surface area (Å²) >= 11 is 3.30. The van der Waals surface area contributed by atoms with Crippen LogP contribution in [0.3, 0.4) is 0 Å². The SMILES string of the molecule is COc1ccc(Nc2cc(Br)ccc2[N+](=O)[O-])cc1. The molecule has 0 amide bonds. The molecule has 98 valence electrons. The first kappa shape index (κ1) is 13.4. The van der Waals surface area contributed by atoms with Crippen LogP contribution in [0.25, 0.3) is 0 Å². The Morgan fingerprint density at radius 1 is 1.21 bits per heavy atom. The van der Waals surface area contributed by atoms with Crippen LogP contribution < -0.4 is 10.1 Å². The fourth-order valence-corrected chi connectivity index (χ4v) is 1.96. The maximum atomic E-state index is 11.0. The van der Waals surface area contributed by atoms with E-state index in [1.165, 1.54) is 6.07 Å². The number of nitrogens with zero attached hydrogens (tertiary/aromatic N) is 1. The van der Waals surface area contributed by atoms with Gasteiger partial charge in [-0.15, -0.1) is 0 Å². The van der Waals surface area contributed by atoms with Crippen LogP contribution in [0.5, 0.6) is 5.75 Å². The van der Waals surface area contributed by atoms with Crippen molar-refractivity contribution in [2.45, 2.75) is 0 Å². The lowest BCUT2D eigenvalue weighted by Gasteiger charge is -2.08. The van der Waals surface area contributed by atoms with E-state index in [4.69, 9.17) is 4.74 Å². The minimum Gasteiger partial charge on any atom is -0.497 e. The Kier molecular flexibility index (Phi) is 4.01. The van der Waals surface area contributed by atoms with Crippen molar-refractivity contribution in [3.05, 3.63) is 57.1 Å². The van der Waals surface area contributed by atoms with E-state index in [2.05, 4.69) is 21.2 Å². The summed E-state index contributed by atoms with van der Waals surface area (Å²) in [6, 6.07) is 11.9.